The van der Waals surface area contributed by atoms with Gasteiger partial charge in [-0.1, -0.05) is 78.9 Å². The quantitative estimate of drug-likeness (QED) is 0.307. The SMILES string of the molecule is COc1ccccc1NC(=O)CC(=O)N1N=C(N(c2ccccc2)c2ccccc2)C[C@@H]1c1ccccc1. The molecule has 1 heterocycles. The number of hydrogen-bond donors (Lipinski definition) is 1. The first kappa shape index (κ1) is 24.8. The molecule has 4 aromatic carbocycles. The fraction of sp³-hybridized carbons (Fsp3) is 0.129. The first-order valence-corrected chi connectivity index (χ1v) is 12.4. The fourth-order valence-electron chi connectivity index (χ4n) is 4.56. The Balaban J connectivity index is 1.45. The van der Waals surface area contributed by atoms with Crippen LogP contribution in [-0.4, -0.2) is 29.8 Å². The van der Waals surface area contributed by atoms with E-state index in [0.29, 0.717) is 17.9 Å². The lowest BCUT2D eigenvalue weighted by molar-refractivity contribution is -0.136. The molecule has 1 aliphatic heterocycles. The van der Waals surface area contributed by atoms with Crippen molar-refractivity contribution in [1.29, 1.82) is 0 Å². The number of para-hydroxylation sites is 4. The van der Waals surface area contributed by atoms with Crippen LogP contribution in [0.3, 0.4) is 0 Å². The van der Waals surface area contributed by atoms with Crippen molar-refractivity contribution in [3.63, 3.8) is 0 Å². The summed E-state index contributed by atoms with van der Waals surface area (Å²) in [6.45, 7) is 0. The van der Waals surface area contributed by atoms with Crippen LogP contribution in [0.5, 0.6) is 5.75 Å². The number of amides is 2. The van der Waals surface area contributed by atoms with E-state index in [0.717, 1.165) is 22.8 Å². The van der Waals surface area contributed by atoms with Crippen LogP contribution in [0.15, 0.2) is 120 Å². The third kappa shape index (κ3) is 5.42. The maximum absolute atomic E-state index is 13.5. The average Bonchev–Trinajstić information content (AvgIpc) is 3.40. The number of benzene rings is 4. The maximum Gasteiger partial charge on any atom is 0.252 e. The predicted molar refractivity (Wildman–Crippen MR) is 149 cm³/mol. The monoisotopic (exact) mass is 504 g/mol. The molecule has 1 N–H and O–H groups in total. The molecule has 4 aromatic rings. The number of amidine groups is 1. The Morgan fingerprint density at radius 2 is 1.39 bits per heavy atom. The summed E-state index contributed by atoms with van der Waals surface area (Å²) in [5.74, 6) is 0.424. The van der Waals surface area contributed by atoms with Gasteiger partial charge in [0.15, 0.2) is 0 Å². The minimum absolute atomic E-state index is 0.340. The summed E-state index contributed by atoms with van der Waals surface area (Å²) in [6.07, 6.45) is 0.141. The van der Waals surface area contributed by atoms with Gasteiger partial charge >= 0.3 is 0 Å². The van der Waals surface area contributed by atoms with Crippen molar-refractivity contribution in [2.24, 2.45) is 5.10 Å². The normalized spacial score (nSPS) is 14.5. The Morgan fingerprint density at radius 3 is 2.00 bits per heavy atom. The van der Waals surface area contributed by atoms with Gasteiger partial charge in [0.1, 0.15) is 18.0 Å². The number of carbonyl (C=O) groups excluding carboxylic acids is 2. The van der Waals surface area contributed by atoms with Gasteiger partial charge < -0.3 is 10.1 Å². The molecule has 0 radical (unpaired) electrons. The fourth-order valence-corrected chi connectivity index (χ4v) is 4.56. The molecule has 2 amide bonds. The van der Waals surface area contributed by atoms with Gasteiger partial charge in [0.2, 0.25) is 5.91 Å². The molecule has 0 spiro atoms. The summed E-state index contributed by atoms with van der Waals surface area (Å²) < 4.78 is 5.31. The van der Waals surface area contributed by atoms with Crippen LogP contribution >= 0.6 is 0 Å². The van der Waals surface area contributed by atoms with Gasteiger partial charge in [-0.25, -0.2) is 5.01 Å². The zero-order valence-corrected chi connectivity index (χ0v) is 21.0. The average molecular weight is 505 g/mol. The summed E-state index contributed by atoms with van der Waals surface area (Å²) >= 11 is 0. The highest BCUT2D eigenvalue weighted by molar-refractivity contribution is 6.08. The van der Waals surface area contributed by atoms with E-state index in [2.05, 4.69) is 10.2 Å². The standard InChI is InChI=1S/C31H28N4O3/c1-38-28-20-12-11-19-26(28)32-30(36)22-31(37)35-27(23-13-5-2-6-14-23)21-29(33-35)34(24-15-7-3-8-16-24)25-17-9-4-10-18-25/h2-20,27H,21-22H2,1H3,(H,32,36)/t27-/m1/s1. The van der Waals surface area contributed by atoms with Gasteiger partial charge in [0, 0.05) is 17.8 Å². The van der Waals surface area contributed by atoms with E-state index < -0.39 is 5.91 Å². The molecule has 0 aliphatic carbocycles. The van der Waals surface area contributed by atoms with Crippen molar-refractivity contribution in [2.75, 3.05) is 17.3 Å². The molecule has 7 heteroatoms. The van der Waals surface area contributed by atoms with Crippen LogP contribution in [0.25, 0.3) is 0 Å². The van der Waals surface area contributed by atoms with Crippen LogP contribution in [0.2, 0.25) is 0 Å². The molecular weight excluding hydrogens is 476 g/mol. The third-order valence-corrected chi connectivity index (χ3v) is 6.31. The van der Waals surface area contributed by atoms with Crippen molar-refractivity contribution >= 4 is 34.7 Å². The first-order valence-electron chi connectivity index (χ1n) is 12.4. The smallest absolute Gasteiger partial charge is 0.252 e. The number of nitrogens with one attached hydrogen (secondary N) is 1. The van der Waals surface area contributed by atoms with Crippen LogP contribution in [0, 0.1) is 0 Å². The van der Waals surface area contributed by atoms with Gasteiger partial charge in [-0.05, 0) is 42.0 Å². The van der Waals surface area contributed by atoms with Crippen molar-refractivity contribution in [1.82, 2.24) is 5.01 Å². The number of anilines is 3. The Bertz CT molecular complexity index is 1390. The van der Waals surface area contributed by atoms with E-state index in [4.69, 9.17) is 9.84 Å². The first-order chi connectivity index (χ1) is 18.6. The van der Waals surface area contributed by atoms with Crippen molar-refractivity contribution in [3.05, 3.63) is 121 Å². The van der Waals surface area contributed by atoms with E-state index in [1.165, 1.54) is 12.1 Å². The highest BCUT2D eigenvalue weighted by Gasteiger charge is 2.36. The number of hydrazone groups is 1. The molecule has 5 rings (SSSR count). The summed E-state index contributed by atoms with van der Waals surface area (Å²) in [5, 5.41) is 9.05. The second kappa shape index (κ2) is 11.4. The summed E-state index contributed by atoms with van der Waals surface area (Å²) in [6, 6.07) is 36.4. The minimum atomic E-state index is -0.432. The highest BCUT2D eigenvalue weighted by atomic mass is 16.5. The van der Waals surface area contributed by atoms with E-state index >= 15 is 0 Å². The Labute approximate surface area is 222 Å². The molecule has 0 unspecified atom stereocenters. The second-order valence-electron chi connectivity index (χ2n) is 8.82. The van der Waals surface area contributed by atoms with Gasteiger partial charge in [-0.15, -0.1) is 0 Å². The van der Waals surface area contributed by atoms with Gasteiger partial charge in [0.25, 0.3) is 5.91 Å². The lowest BCUT2D eigenvalue weighted by Gasteiger charge is -2.24. The van der Waals surface area contributed by atoms with Crippen LogP contribution < -0.4 is 15.0 Å². The largest absolute Gasteiger partial charge is 0.495 e. The van der Waals surface area contributed by atoms with Gasteiger partial charge in [-0.3, -0.25) is 14.5 Å². The molecule has 7 nitrogen and oxygen atoms in total. The molecule has 1 aliphatic rings. The Morgan fingerprint density at radius 1 is 0.842 bits per heavy atom. The molecule has 38 heavy (non-hydrogen) atoms. The van der Waals surface area contributed by atoms with E-state index in [-0.39, 0.29) is 18.4 Å². The predicted octanol–water partition coefficient (Wildman–Crippen LogP) is 6.15. The summed E-state index contributed by atoms with van der Waals surface area (Å²) in [5.41, 5.74) is 3.34. The van der Waals surface area contributed by atoms with Crippen LogP contribution in [0.1, 0.15) is 24.4 Å². The van der Waals surface area contributed by atoms with E-state index in [1.807, 2.05) is 97.1 Å². The Hall–Kier alpha value is -4.91. The van der Waals surface area contributed by atoms with Crippen molar-refractivity contribution in [2.45, 2.75) is 18.9 Å². The molecule has 0 fully saturated rings. The second-order valence-corrected chi connectivity index (χ2v) is 8.82. The zero-order valence-electron chi connectivity index (χ0n) is 21.0. The molecule has 0 saturated carbocycles. The molecule has 0 aromatic heterocycles. The summed E-state index contributed by atoms with van der Waals surface area (Å²) in [4.78, 5) is 28.5. The lowest BCUT2D eigenvalue weighted by Crippen LogP contribution is -2.30. The number of hydrogen-bond acceptors (Lipinski definition) is 5. The summed E-state index contributed by atoms with van der Waals surface area (Å²) in [7, 11) is 1.53. The Kier molecular flexibility index (Phi) is 7.45. The number of nitrogens with zero attached hydrogens (tertiary/aromatic N) is 3. The lowest BCUT2D eigenvalue weighted by atomic mass is 10.0. The van der Waals surface area contributed by atoms with Gasteiger partial charge in [-0.2, -0.15) is 5.10 Å². The van der Waals surface area contributed by atoms with E-state index in [1.54, 1.807) is 18.2 Å². The van der Waals surface area contributed by atoms with Crippen molar-refractivity contribution < 1.29 is 14.3 Å². The van der Waals surface area contributed by atoms with Gasteiger partial charge in [0.05, 0.1) is 18.8 Å². The number of rotatable bonds is 7. The molecule has 0 bridgehead atoms. The van der Waals surface area contributed by atoms with Crippen LogP contribution in [-0.2, 0) is 9.59 Å². The molecular formula is C31H28N4O3. The van der Waals surface area contributed by atoms with Crippen LogP contribution in [0.4, 0.5) is 17.1 Å². The van der Waals surface area contributed by atoms with E-state index in [9.17, 15) is 9.59 Å². The molecule has 0 saturated heterocycles. The maximum atomic E-state index is 13.5. The topological polar surface area (TPSA) is 74.2 Å². The zero-order chi connectivity index (χ0) is 26.3. The van der Waals surface area contributed by atoms with Crippen molar-refractivity contribution in [3.8, 4) is 5.75 Å². The minimum Gasteiger partial charge on any atom is -0.495 e. The number of carbonyl (C=O) groups is 2. The number of methoxy groups -OCH3 is 1. The molecule has 1 atom stereocenters. The number of ether oxygens (including phenoxy) is 1. The molecule has 190 valence electrons. The highest BCUT2D eigenvalue weighted by Crippen LogP contribution is 2.36. The third-order valence-electron chi connectivity index (χ3n) is 6.31.